The summed E-state index contributed by atoms with van der Waals surface area (Å²) in [6.45, 7) is -1.49. The first-order valence-corrected chi connectivity index (χ1v) is 8.83. The lowest BCUT2D eigenvalue weighted by molar-refractivity contribution is -0.133. The van der Waals surface area contributed by atoms with Crippen LogP contribution in [0.25, 0.3) is 6.08 Å². The average Bonchev–Trinajstić information content (AvgIpc) is 2.73. The topological polar surface area (TPSA) is 48.0 Å². The van der Waals surface area contributed by atoms with Crippen molar-refractivity contribution in [1.29, 1.82) is 0 Å². The Morgan fingerprint density at radius 2 is 2.00 bits per heavy atom. The lowest BCUT2D eigenvalue weighted by Gasteiger charge is -2.32. The van der Waals surface area contributed by atoms with E-state index in [0.717, 1.165) is 5.56 Å². The van der Waals surface area contributed by atoms with Gasteiger partial charge in [0.05, 0.1) is 20.3 Å². The van der Waals surface area contributed by atoms with Gasteiger partial charge in [0.2, 0.25) is 5.91 Å². The molecular formula is C21H21F2NO4. The SMILES string of the molecule is COc1cc(/C=C/C(=O)N2CCOC(c3ccccc3)C2)ccc1OC(F)F. The van der Waals surface area contributed by atoms with E-state index >= 15 is 0 Å². The molecule has 1 aliphatic heterocycles. The predicted molar refractivity (Wildman–Crippen MR) is 100 cm³/mol. The minimum atomic E-state index is -2.93. The lowest BCUT2D eigenvalue weighted by Crippen LogP contribution is -2.41. The van der Waals surface area contributed by atoms with Crippen molar-refractivity contribution in [1.82, 2.24) is 4.90 Å². The fraction of sp³-hybridized carbons (Fsp3) is 0.286. The van der Waals surface area contributed by atoms with Gasteiger partial charge in [-0.2, -0.15) is 8.78 Å². The number of amides is 1. The molecule has 1 fully saturated rings. The zero-order valence-corrected chi connectivity index (χ0v) is 15.4. The van der Waals surface area contributed by atoms with Gasteiger partial charge in [0.15, 0.2) is 11.5 Å². The van der Waals surface area contributed by atoms with E-state index in [1.165, 1.54) is 25.3 Å². The molecule has 1 atom stereocenters. The van der Waals surface area contributed by atoms with Crippen molar-refractivity contribution < 1.29 is 27.8 Å². The number of hydrogen-bond acceptors (Lipinski definition) is 4. The summed E-state index contributed by atoms with van der Waals surface area (Å²) < 4.78 is 40.0. The molecule has 1 heterocycles. The van der Waals surface area contributed by atoms with Gasteiger partial charge in [0.1, 0.15) is 6.10 Å². The van der Waals surface area contributed by atoms with E-state index in [0.29, 0.717) is 25.3 Å². The molecule has 7 heteroatoms. The molecule has 0 spiro atoms. The third-order valence-electron chi connectivity index (χ3n) is 4.37. The quantitative estimate of drug-likeness (QED) is 0.703. The average molecular weight is 389 g/mol. The molecular weight excluding hydrogens is 368 g/mol. The van der Waals surface area contributed by atoms with Gasteiger partial charge in [-0.1, -0.05) is 36.4 Å². The van der Waals surface area contributed by atoms with Gasteiger partial charge in [0, 0.05) is 12.6 Å². The molecule has 1 unspecified atom stereocenters. The van der Waals surface area contributed by atoms with E-state index < -0.39 is 6.61 Å². The van der Waals surface area contributed by atoms with Crippen LogP contribution in [0.1, 0.15) is 17.2 Å². The number of halogens is 2. The van der Waals surface area contributed by atoms with E-state index in [4.69, 9.17) is 9.47 Å². The van der Waals surface area contributed by atoms with Crippen molar-refractivity contribution in [2.75, 3.05) is 26.8 Å². The zero-order valence-electron chi connectivity index (χ0n) is 15.4. The smallest absolute Gasteiger partial charge is 0.387 e. The molecule has 0 bridgehead atoms. The molecule has 3 rings (SSSR count). The number of nitrogens with zero attached hydrogens (tertiary/aromatic N) is 1. The molecule has 28 heavy (non-hydrogen) atoms. The number of alkyl halides is 2. The van der Waals surface area contributed by atoms with Crippen molar-refractivity contribution in [2.45, 2.75) is 12.7 Å². The Hall–Kier alpha value is -2.93. The third-order valence-corrected chi connectivity index (χ3v) is 4.37. The van der Waals surface area contributed by atoms with Crippen LogP contribution >= 0.6 is 0 Å². The predicted octanol–water partition coefficient (Wildman–Crippen LogP) is 3.91. The maximum atomic E-state index is 12.5. The second kappa shape index (κ2) is 9.32. The van der Waals surface area contributed by atoms with E-state index in [1.807, 2.05) is 30.3 Å². The number of morpholine rings is 1. The van der Waals surface area contributed by atoms with Gasteiger partial charge in [-0.05, 0) is 29.3 Å². The van der Waals surface area contributed by atoms with Crippen LogP contribution in [0.15, 0.2) is 54.6 Å². The number of methoxy groups -OCH3 is 1. The van der Waals surface area contributed by atoms with Crippen LogP contribution < -0.4 is 9.47 Å². The summed E-state index contributed by atoms with van der Waals surface area (Å²) >= 11 is 0. The summed E-state index contributed by atoms with van der Waals surface area (Å²) in [6, 6.07) is 14.3. The highest BCUT2D eigenvalue weighted by Gasteiger charge is 2.24. The Morgan fingerprint density at radius 3 is 2.71 bits per heavy atom. The first-order chi connectivity index (χ1) is 13.6. The highest BCUT2D eigenvalue weighted by atomic mass is 19.3. The lowest BCUT2D eigenvalue weighted by atomic mass is 10.1. The number of carbonyl (C=O) groups excluding carboxylic acids is 1. The van der Waals surface area contributed by atoms with E-state index in [-0.39, 0.29) is 23.5 Å². The number of ether oxygens (including phenoxy) is 3. The molecule has 0 aromatic heterocycles. The Morgan fingerprint density at radius 1 is 1.21 bits per heavy atom. The van der Waals surface area contributed by atoms with Crippen LogP contribution in [0.3, 0.4) is 0 Å². The number of carbonyl (C=O) groups is 1. The first-order valence-electron chi connectivity index (χ1n) is 8.83. The molecule has 1 aliphatic rings. The standard InChI is InChI=1S/C21H21F2NO4/c1-26-18-13-15(7-9-17(18)28-21(22)23)8-10-20(25)24-11-12-27-19(14-24)16-5-3-2-4-6-16/h2-10,13,19,21H,11-12,14H2,1H3/b10-8+. The maximum Gasteiger partial charge on any atom is 0.387 e. The highest BCUT2D eigenvalue weighted by Crippen LogP contribution is 2.30. The minimum absolute atomic E-state index is 0.0557. The van der Waals surface area contributed by atoms with Crippen LogP contribution in [0.2, 0.25) is 0 Å². The molecule has 1 amide bonds. The van der Waals surface area contributed by atoms with Gasteiger partial charge >= 0.3 is 6.61 Å². The fourth-order valence-corrected chi connectivity index (χ4v) is 2.97. The van der Waals surface area contributed by atoms with E-state index in [2.05, 4.69) is 4.74 Å². The van der Waals surface area contributed by atoms with Crippen LogP contribution in [-0.4, -0.2) is 44.2 Å². The number of hydrogen-bond donors (Lipinski definition) is 0. The van der Waals surface area contributed by atoms with Crippen molar-refractivity contribution >= 4 is 12.0 Å². The summed E-state index contributed by atoms with van der Waals surface area (Å²) in [4.78, 5) is 14.3. The summed E-state index contributed by atoms with van der Waals surface area (Å²) in [5.74, 6) is -0.0265. The van der Waals surface area contributed by atoms with Gasteiger partial charge in [-0.15, -0.1) is 0 Å². The highest BCUT2D eigenvalue weighted by molar-refractivity contribution is 5.92. The molecule has 0 aliphatic carbocycles. The zero-order chi connectivity index (χ0) is 19.9. The molecule has 0 saturated carbocycles. The molecule has 148 valence electrons. The molecule has 2 aromatic rings. The first kappa shape index (κ1) is 19.8. The van der Waals surface area contributed by atoms with Gasteiger partial charge in [0.25, 0.3) is 0 Å². The van der Waals surface area contributed by atoms with Gasteiger partial charge < -0.3 is 19.1 Å². The third kappa shape index (κ3) is 5.07. The van der Waals surface area contributed by atoms with Gasteiger partial charge in [-0.25, -0.2) is 0 Å². The summed E-state index contributed by atoms with van der Waals surface area (Å²) in [5.41, 5.74) is 1.67. The number of rotatable bonds is 6. The van der Waals surface area contributed by atoms with Crippen molar-refractivity contribution in [3.63, 3.8) is 0 Å². The Kier molecular flexibility index (Phi) is 6.60. The summed E-state index contributed by atoms with van der Waals surface area (Å²) in [5, 5.41) is 0. The molecule has 0 N–H and O–H groups in total. The monoisotopic (exact) mass is 389 g/mol. The van der Waals surface area contributed by atoms with Crippen molar-refractivity contribution in [3.05, 3.63) is 65.7 Å². The van der Waals surface area contributed by atoms with Crippen LogP contribution in [-0.2, 0) is 9.53 Å². The summed E-state index contributed by atoms with van der Waals surface area (Å²) in [7, 11) is 1.36. The second-order valence-corrected chi connectivity index (χ2v) is 6.18. The largest absolute Gasteiger partial charge is 0.493 e. The van der Waals surface area contributed by atoms with Crippen LogP contribution in [0.4, 0.5) is 8.78 Å². The van der Waals surface area contributed by atoms with Crippen LogP contribution in [0.5, 0.6) is 11.5 Å². The normalized spacial score (nSPS) is 17.1. The van der Waals surface area contributed by atoms with Crippen LogP contribution in [0, 0.1) is 0 Å². The Bertz CT molecular complexity index is 826. The second-order valence-electron chi connectivity index (χ2n) is 6.18. The molecule has 0 radical (unpaired) electrons. The molecule has 5 nitrogen and oxygen atoms in total. The van der Waals surface area contributed by atoms with Crippen molar-refractivity contribution in [2.24, 2.45) is 0 Å². The molecule has 2 aromatic carbocycles. The van der Waals surface area contributed by atoms with Gasteiger partial charge in [-0.3, -0.25) is 4.79 Å². The van der Waals surface area contributed by atoms with E-state index in [9.17, 15) is 13.6 Å². The summed E-state index contributed by atoms with van der Waals surface area (Å²) in [6.07, 6.45) is 2.91. The fourth-order valence-electron chi connectivity index (χ4n) is 2.97. The van der Waals surface area contributed by atoms with E-state index in [1.54, 1.807) is 17.0 Å². The van der Waals surface area contributed by atoms with Crippen molar-refractivity contribution in [3.8, 4) is 11.5 Å². The minimum Gasteiger partial charge on any atom is -0.493 e. The Balaban J connectivity index is 1.66. The molecule has 1 saturated heterocycles. The number of benzene rings is 2. The Labute approximate surface area is 162 Å². The maximum absolute atomic E-state index is 12.5.